The van der Waals surface area contributed by atoms with E-state index in [2.05, 4.69) is 10.6 Å². The molecule has 0 bridgehead atoms. The predicted octanol–water partition coefficient (Wildman–Crippen LogP) is 3.37. The Bertz CT molecular complexity index is 890. The summed E-state index contributed by atoms with van der Waals surface area (Å²) in [6.07, 6.45) is 0.445. The van der Waals surface area contributed by atoms with Crippen LogP contribution in [0.1, 0.15) is 10.4 Å². The predicted molar refractivity (Wildman–Crippen MR) is 89.7 cm³/mol. The number of rotatable bonds is 4. The summed E-state index contributed by atoms with van der Waals surface area (Å²) >= 11 is 0. The van der Waals surface area contributed by atoms with Crippen molar-refractivity contribution >= 4 is 34.5 Å². The van der Waals surface area contributed by atoms with Crippen LogP contribution in [-0.2, 0) is 4.79 Å². The van der Waals surface area contributed by atoms with Crippen LogP contribution in [0.25, 0.3) is 10.8 Å². The van der Waals surface area contributed by atoms with Crippen molar-refractivity contribution in [1.29, 1.82) is 0 Å². The van der Waals surface area contributed by atoms with Crippen LogP contribution in [0.4, 0.5) is 11.4 Å². The quantitative estimate of drug-likeness (QED) is 0.511. The summed E-state index contributed by atoms with van der Waals surface area (Å²) in [4.78, 5) is 22.8. The maximum Gasteiger partial charge on any atom is 0.259 e. The van der Waals surface area contributed by atoms with E-state index in [-0.39, 0.29) is 17.0 Å². The highest BCUT2D eigenvalue weighted by Crippen LogP contribution is 2.28. The topological polar surface area (TPSA) is 78.4 Å². The molecule has 114 valence electrons. The fourth-order valence-electron chi connectivity index (χ4n) is 2.37. The fourth-order valence-corrected chi connectivity index (χ4v) is 2.37. The molecule has 5 nitrogen and oxygen atoms in total. The first-order valence-corrected chi connectivity index (χ1v) is 7.01. The Kier molecular flexibility index (Phi) is 3.93. The second kappa shape index (κ2) is 6.19. The van der Waals surface area contributed by atoms with E-state index in [1.54, 1.807) is 12.1 Å². The molecule has 3 aromatic rings. The summed E-state index contributed by atoms with van der Waals surface area (Å²) in [5.41, 5.74) is 0.901. The molecule has 0 fully saturated rings. The Hall–Kier alpha value is -3.34. The summed E-state index contributed by atoms with van der Waals surface area (Å²) in [5, 5.41) is 17.2. The third kappa shape index (κ3) is 2.98. The summed E-state index contributed by atoms with van der Waals surface area (Å²) in [6.45, 7) is 0. The van der Waals surface area contributed by atoms with Crippen molar-refractivity contribution in [3.05, 3.63) is 66.2 Å². The number of hydrogen-bond donors (Lipinski definition) is 3. The molecule has 3 N–H and O–H groups in total. The number of benzene rings is 3. The van der Waals surface area contributed by atoms with Gasteiger partial charge in [0, 0.05) is 5.69 Å². The average molecular weight is 306 g/mol. The molecule has 3 rings (SSSR count). The molecule has 0 aliphatic rings. The zero-order valence-corrected chi connectivity index (χ0v) is 12.1. The zero-order chi connectivity index (χ0) is 16.2. The number of para-hydroxylation sites is 1. The van der Waals surface area contributed by atoms with Crippen LogP contribution >= 0.6 is 0 Å². The Morgan fingerprint density at radius 1 is 0.957 bits per heavy atom. The first-order chi connectivity index (χ1) is 11.2. The maximum atomic E-state index is 12.3. The van der Waals surface area contributed by atoms with Crippen molar-refractivity contribution in [3.63, 3.8) is 0 Å². The van der Waals surface area contributed by atoms with Crippen LogP contribution in [0.3, 0.4) is 0 Å². The Labute approximate surface area is 132 Å². The average Bonchev–Trinajstić information content (AvgIpc) is 2.57. The number of anilines is 2. The molecule has 0 atom stereocenters. The van der Waals surface area contributed by atoms with Gasteiger partial charge < -0.3 is 15.7 Å². The number of amides is 2. The number of nitrogens with one attached hydrogen (secondary N) is 2. The van der Waals surface area contributed by atoms with Gasteiger partial charge in [0.05, 0.1) is 11.3 Å². The first kappa shape index (κ1) is 14.6. The van der Waals surface area contributed by atoms with E-state index < -0.39 is 5.91 Å². The number of hydrogen-bond acceptors (Lipinski definition) is 3. The number of fused-ring (bicyclic) bond motifs is 1. The highest BCUT2D eigenvalue weighted by molar-refractivity contribution is 6.08. The van der Waals surface area contributed by atoms with Crippen molar-refractivity contribution < 1.29 is 14.7 Å². The van der Waals surface area contributed by atoms with E-state index in [0.29, 0.717) is 12.1 Å². The van der Waals surface area contributed by atoms with Gasteiger partial charge in [0.25, 0.3) is 5.91 Å². The summed E-state index contributed by atoms with van der Waals surface area (Å²) in [5.74, 6) is -0.717. The monoisotopic (exact) mass is 306 g/mol. The maximum absolute atomic E-state index is 12.3. The molecule has 0 heterocycles. The molecule has 5 heteroatoms. The first-order valence-electron chi connectivity index (χ1n) is 7.01. The van der Waals surface area contributed by atoms with Crippen LogP contribution in [0.2, 0.25) is 0 Å². The third-order valence-electron chi connectivity index (χ3n) is 3.50. The molecule has 0 aliphatic heterocycles. The summed E-state index contributed by atoms with van der Waals surface area (Å²) < 4.78 is 0. The van der Waals surface area contributed by atoms with E-state index in [9.17, 15) is 14.7 Å². The lowest BCUT2D eigenvalue weighted by Gasteiger charge is -2.10. The highest BCUT2D eigenvalue weighted by atomic mass is 16.3. The van der Waals surface area contributed by atoms with Gasteiger partial charge in [0.15, 0.2) is 5.75 Å². The smallest absolute Gasteiger partial charge is 0.259 e. The van der Waals surface area contributed by atoms with E-state index >= 15 is 0 Å². The molecule has 0 aromatic heterocycles. The molecule has 0 unspecified atom stereocenters. The molecule has 3 aromatic carbocycles. The van der Waals surface area contributed by atoms with E-state index in [1.165, 1.54) is 12.1 Å². The number of carbonyl (C=O) groups is 2. The van der Waals surface area contributed by atoms with E-state index in [0.717, 1.165) is 10.8 Å². The van der Waals surface area contributed by atoms with Gasteiger partial charge in [-0.1, -0.05) is 36.4 Å². The van der Waals surface area contributed by atoms with Crippen molar-refractivity contribution in [2.45, 2.75) is 0 Å². The van der Waals surface area contributed by atoms with Gasteiger partial charge in [0.2, 0.25) is 6.41 Å². The van der Waals surface area contributed by atoms with Crippen LogP contribution in [0.5, 0.6) is 5.75 Å². The fraction of sp³-hybridized carbons (Fsp3) is 0. The largest absolute Gasteiger partial charge is 0.505 e. The van der Waals surface area contributed by atoms with Gasteiger partial charge in [-0.15, -0.1) is 0 Å². The van der Waals surface area contributed by atoms with Crippen LogP contribution < -0.4 is 10.6 Å². The number of phenolic OH excluding ortho intramolecular Hbond substituents is 1. The van der Waals surface area contributed by atoms with Gasteiger partial charge in [-0.25, -0.2) is 0 Å². The molecule has 0 saturated heterocycles. The van der Waals surface area contributed by atoms with Gasteiger partial charge in [-0.3, -0.25) is 9.59 Å². The number of aromatic hydroxyl groups is 1. The lowest BCUT2D eigenvalue weighted by atomic mass is 10.1. The molecular weight excluding hydrogens is 292 g/mol. The van der Waals surface area contributed by atoms with Gasteiger partial charge in [-0.2, -0.15) is 0 Å². The van der Waals surface area contributed by atoms with Crippen molar-refractivity contribution in [2.75, 3.05) is 10.6 Å². The molecule has 0 saturated carbocycles. The molecular formula is C18H14N2O3. The highest BCUT2D eigenvalue weighted by Gasteiger charge is 2.14. The second-order valence-electron chi connectivity index (χ2n) is 4.98. The van der Waals surface area contributed by atoms with Crippen LogP contribution in [-0.4, -0.2) is 17.4 Å². The van der Waals surface area contributed by atoms with E-state index in [1.807, 2.05) is 36.4 Å². The number of phenols is 1. The lowest BCUT2D eigenvalue weighted by Crippen LogP contribution is -2.12. The summed E-state index contributed by atoms with van der Waals surface area (Å²) in [6, 6.07) is 18.0. The molecule has 0 aliphatic carbocycles. The lowest BCUT2D eigenvalue weighted by molar-refractivity contribution is -0.105. The molecule has 0 spiro atoms. The normalized spacial score (nSPS) is 10.3. The SMILES string of the molecule is O=CNc1cccc(C(=O)Nc2ccc3ccccc3c2)c1O. The minimum Gasteiger partial charge on any atom is -0.505 e. The third-order valence-corrected chi connectivity index (χ3v) is 3.50. The van der Waals surface area contributed by atoms with E-state index in [4.69, 9.17) is 0 Å². The molecule has 2 amide bonds. The minimum atomic E-state index is -0.452. The Balaban J connectivity index is 1.88. The minimum absolute atomic E-state index is 0.0880. The van der Waals surface area contributed by atoms with Gasteiger partial charge in [-0.05, 0) is 35.0 Å². The molecule has 23 heavy (non-hydrogen) atoms. The van der Waals surface area contributed by atoms with Crippen LogP contribution in [0.15, 0.2) is 60.7 Å². The van der Waals surface area contributed by atoms with Crippen molar-refractivity contribution in [3.8, 4) is 5.75 Å². The second-order valence-corrected chi connectivity index (χ2v) is 4.98. The standard InChI is InChI=1S/C18H14N2O3/c21-11-19-16-7-3-6-15(17(16)22)18(23)20-14-9-8-12-4-1-2-5-13(12)10-14/h1-11,22H,(H,19,21)(H,20,23). The van der Waals surface area contributed by atoms with Gasteiger partial charge >= 0.3 is 0 Å². The van der Waals surface area contributed by atoms with Crippen molar-refractivity contribution in [2.24, 2.45) is 0 Å². The molecule has 0 radical (unpaired) electrons. The Morgan fingerprint density at radius 3 is 2.52 bits per heavy atom. The Morgan fingerprint density at radius 2 is 1.74 bits per heavy atom. The van der Waals surface area contributed by atoms with Crippen molar-refractivity contribution in [1.82, 2.24) is 0 Å². The van der Waals surface area contributed by atoms with Crippen LogP contribution in [0, 0.1) is 0 Å². The van der Waals surface area contributed by atoms with Gasteiger partial charge in [0.1, 0.15) is 0 Å². The number of carbonyl (C=O) groups excluding carboxylic acids is 2. The summed E-state index contributed by atoms with van der Waals surface area (Å²) in [7, 11) is 0. The zero-order valence-electron chi connectivity index (χ0n) is 12.1.